The summed E-state index contributed by atoms with van der Waals surface area (Å²) in [7, 11) is 3.88. The summed E-state index contributed by atoms with van der Waals surface area (Å²) in [5.41, 5.74) is 3.18. The van der Waals surface area contributed by atoms with Gasteiger partial charge in [-0.05, 0) is 25.2 Å². The maximum atomic E-state index is 6.66. The monoisotopic (exact) mass is 308 g/mol. The zero-order chi connectivity index (χ0) is 15.7. The topological polar surface area (TPSA) is 33.7 Å². The normalized spacial score (nSPS) is 30.5. The molecule has 0 amide bonds. The van der Waals surface area contributed by atoms with Crippen LogP contribution in [0.4, 0.5) is 5.69 Å². The van der Waals surface area contributed by atoms with Gasteiger partial charge in [0.1, 0.15) is 17.0 Å². The lowest BCUT2D eigenvalue weighted by Gasteiger charge is -2.46. The quantitative estimate of drug-likeness (QED) is 0.878. The number of methoxy groups -OCH3 is 1. The van der Waals surface area contributed by atoms with Crippen LogP contribution < -0.4 is 14.8 Å². The summed E-state index contributed by atoms with van der Waals surface area (Å²) in [6.07, 6.45) is 0.977. The number of anilines is 1. The van der Waals surface area contributed by atoms with Crippen molar-refractivity contribution < 1.29 is 9.47 Å². The van der Waals surface area contributed by atoms with Gasteiger partial charge in [0.05, 0.1) is 7.11 Å². The minimum atomic E-state index is -0.315. The van der Waals surface area contributed by atoms with E-state index in [2.05, 4.69) is 47.6 Å². The van der Waals surface area contributed by atoms with Crippen molar-refractivity contribution in [2.45, 2.75) is 17.6 Å². The van der Waals surface area contributed by atoms with Crippen molar-refractivity contribution in [3.63, 3.8) is 0 Å². The molecule has 3 aliphatic rings. The lowest BCUT2D eigenvalue weighted by atomic mass is 9.71. The molecule has 1 N–H and O–H groups in total. The number of nitrogens with one attached hydrogen (secondary N) is 1. The molecule has 0 bridgehead atoms. The van der Waals surface area contributed by atoms with Crippen LogP contribution in [0.1, 0.15) is 17.5 Å². The maximum Gasteiger partial charge on any atom is 0.166 e. The number of rotatable bonds is 1. The molecular formula is C19H20N2O2. The molecule has 5 rings (SSSR count). The molecule has 2 aromatic carbocycles. The standard InChI is InChI=1S/C19H20N2O2/c1-21-10-9-19-14-5-3-4-6-16(14)20-18(19,12-21)15-8-7-13(22-2)11-17(15)23-19/h3-8,11,20H,9-10,12H2,1-2H3/t18-,19-/m0/s1. The smallest absolute Gasteiger partial charge is 0.166 e. The first-order chi connectivity index (χ1) is 11.2. The highest BCUT2D eigenvalue weighted by molar-refractivity contribution is 5.70. The van der Waals surface area contributed by atoms with Crippen molar-refractivity contribution in [2.75, 3.05) is 32.6 Å². The molecular weight excluding hydrogens is 288 g/mol. The Bertz CT molecular complexity index is 806. The first kappa shape index (κ1) is 13.3. The predicted octanol–water partition coefficient (Wildman–Crippen LogP) is 2.94. The van der Waals surface area contributed by atoms with Gasteiger partial charge < -0.3 is 19.7 Å². The number of fused-ring (bicyclic) bond motifs is 2. The lowest BCUT2D eigenvalue weighted by Crippen LogP contribution is -2.60. The van der Waals surface area contributed by atoms with Crippen LogP contribution in [0.15, 0.2) is 42.5 Å². The van der Waals surface area contributed by atoms with E-state index in [1.165, 1.54) is 16.8 Å². The first-order valence-electron chi connectivity index (χ1n) is 8.12. The average Bonchev–Trinajstić information content (AvgIpc) is 3.00. The number of likely N-dealkylation sites (tertiary alicyclic amines) is 1. The van der Waals surface area contributed by atoms with E-state index in [1.807, 2.05) is 12.1 Å². The largest absolute Gasteiger partial charge is 0.497 e. The molecule has 1 saturated heterocycles. The van der Waals surface area contributed by atoms with E-state index in [4.69, 9.17) is 9.47 Å². The minimum Gasteiger partial charge on any atom is -0.497 e. The highest BCUT2D eigenvalue weighted by Gasteiger charge is 2.67. The number of hydrogen-bond donors (Lipinski definition) is 1. The van der Waals surface area contributed by atoms with E-state index in [9.17, 15) is 0 Å². The van der Waals surface area contributed by atoms with Gasteiger partial charge in [-0.1, -0.05) is 18.2 Å². The van der Waals surface area contributed by atoms with Gasteiger partial charge in [0.15, 0.2) is 5.60 Å². The third-order valence-electron chi connectivity index (χ3n) is 5.69. The van der Waals surface area contributed by atoms with Crippen LogP contribution in [0.5, 0.6) is 11.5 Å². The maximum absolute atomic E-state index is 6.66. The van der Waals surface area contributed by atoms with Gasteiger partial charge in [0, 0.05) is 42.4 Å². The molecule has 3 heterocycles. The SMILES string of the molecule is COc1ccc2c(c1)O[C@]13CCN(C)C[C@]21Nc1ccccc13. The summed E-state index contributed by atoms with van der Waals surface area (Å²) in [4.78, 5) is 2.39. The highest BCUT2D eigenvalue weighted by atomic mass is 16.5. The number of nitrogens with zero attached hydrogens (tertiary/aromatic N) is 1. The zero-order valence-corrected chi connectivity index (χ0v) is 13.4. The molecule has 2 atom stereocenters. The van der Waals surface area contributed by atoms with Crippen LogP contribution in [0, 0.1) is 0 Å². The van der Waals surface area contributed by atoms with Crippen LogP contribution in [0.25, 0.3) is 0 Å². The minimum absolute atomic E-state index is 0.217. The second-order valence-electron chi connectivity index (χ2n) is 6.85. The summed E-state index contributed by atoms with van der Waals surface area (Å²) >= 11 is 0. The van der Waals surface area contributed by atoms with E-state index >= 15 is 0 Å². The van der Waals surface area contributed by atoms with Crippen molar-refractivity contribution in [1.82, 2.24) is 4.90 Å². The van der Waals surface area contributed by atoms with E-state index in [-0.39, 0.29) is 11.1 Å². The van der Waals surface area contributed by atoms with Gasteiger partial charge in [0.2, 0.25) is 0 Å². The summed E-state index contributed by atoms with van der Waals surface area (Å²) in [6.45, 7) is 1.96. The molecule has 0 unspecified atom stereocenters. The second kappa shape index (κ2) is 4.20. The van der Waals surface area contributed by atoms with Crippen molar-refractivity contribution in [2.24, 2.45) is 0 Å². The average molecular weight is 308 g/mol. The van der Waals surface area contributed by atoms with E-state index in [0.29, 0.717) is 0 Å². The van der Waals surface area contributed by atoms with Gasteiger partial charge in [-0.25, -0.2) is 0 Å². The number of hydrogen-bond acceptors (Lipinski definition) is 4. The van der Waals surface area contributed by atoms with Crippen LogP contribution >= 0.6 is 0 Å². The molecule has 0 aromatic heterocycles. The number of para-hydroxylation sites is 1. The van der Waals surface area contributed by atoms with Crippen LogP contribution in [-0.4, -0.2) is 32.1 Å². The predicted molar refractivity (Wildman–Crippen MR) is 89.2 cm³/mol. The molecule has 0 aliphatic carbocycles. The van der Waals surface area contributed by atoms with Crippen molar-refractivity contribution >= 4 is 5.69 Å². The number of benzene rings is 2. The van der Waals surface area contributed by atoms with E-state index in [1.54, 1.807) is 7.11 Å². The fourth-order valence-corrected chi connectivity index (χ4v) is 4.67. The van der Waals surface area contributed by atoms with Gasteiger partial charge in [-0.15, -0.1) is 0 Å². The molecule has 0 radical (unpaired) electrons. The van der Waals surface area contributed by atoms with Crippen molar-refractivity contribution in [3.05, 3.63) is 53.6 Å². The van der Waals surface area contributed by atoms with Gasteiger partial charge >= 0.3 is 0 Å². The molecule has 4 nitrogen and oxygen atoms in total. The first-order valence-corrected chi connectivity index (χ1v) is 8.12. The van der Waals surface area contributed by atoms with E-state index < -0.39 is 0 Å². The van der Waals surface area contributed by atoms with Crippen LogP contribution in [0.3, 0.4) is 0 Å². The molecule has 23 heavy (non-hydrogen) atoms. The number of piperidine rings is 1. The molecule has 4 heteroatoms. The summed E-state index contributed by atoms with van der Waals surface area (Å²) in [5.74, 6) is 1.79. The lowest BCUT2D eigenvalue weighted by molar-refractivity contribution is -0.0252. The third kappa shape index (κ3) is 1.45. The fourth-order valence-electron chi connectivity index (χ4n) is 4.67. The molecule has 0 spiro atoms. The van der Waals surface area contributed by atoms with Crippen molar-refractivity contribution in [1.29, 1.82) is 0 Å². The molecule has 1 fully saturated rings. The summed E-state index contributed by atoms with van der Waals surface area (Å²) < 4.78 is 12.1. The Hall–Kier alpha value is -2.20. The summed E-state index contributed by atoms with van der Waals surface area (Å²) in [6, 6.07) is 14.8. The summed E-state index contributed by atoms with van der Waals surface area (Å²) in [5, 5.41) is 3.82. The fraction of sp³-hybridized carbons (Fsp3) is 0.368. The van der Waals surface area contributed by atoms with Gasteiger partial charge in [-0.3, -0.25) is 0 Å². The second-order valence-corrected chi connectivity index (χ2v) is 6.85. The van der Waals surface area contributed by atoms with Crippen LogP contribution in [0.2, 0.25) is 0 Å². The number of likely N-dealkylation sites (N-methyl/N-ethyl adjacent to an activating group) is 1. The molecule has 3 aliphatic heterocycles. The van der Waals surface area contributed by atoms with E-state index in [0.717, 1.165) is 31.0 Å². The molecule has 0 saturated carbocycles. The Kier molecular flexibility index (Phi) is 2.42. The molecule has 2 aromatic rings. The highest BCUT2D eigenvalue weighted by Crippen LogP contribution is 2.63. The Labute approximate surface area is 136 Å². The van der Waals surface area contributed by atoms with Gasteiger partial charge in [-0.2, -0.15) is 0 Å². The van der Waals surface area contributed by atoms with Crippen LogP contribution in [-0.2, 0) is 11.1 Å². The Morgan fingerprint density at radius 3 is 2.91 bits per heavy atom. The third-order valence-corrected chi connectivity index (χ3v) is 5.69. The van der Waals surface area contributed by atoms with Crippen molar-refractivity contribution in [3.8, 4) is 11.5 Å². The zero-order valence-electron chi connectivity index (χ0n) is 13.4. The Morgan fingerprint density at radius 2 is 2.04 bits per heavy atom. The Balaban J connectivity index is 1.77. The number of ether oxygens (including phenoxy) is 2. The Morgan fingerprint density at radius 1 is 1.17 bits per heavy atom. The molecule has 118 valence electrons. The van der Waals surface area contributed by atoms with Gasteiger partial charge in [0.25, 0.3) is 0 Å².